The van der Waals surface area contributed by atoms with Crippen molar-refractivity contribution in [3.8, 4) is 33.6 Å². The van der Waals surface area contributed by atoms with Crippen LogP contribution in [0.4, 0.5) is 9.59 Å². The van der Waals surface area contributed by atoms with Gasteiger partial charge in [-0.15, -0.1) is 0 Å². The zero-order valence-corrected chi connectivity index (χ0v) is 35.9. The number of hydrogen-bond donors (Lipinski definition) is 6. The standard InChI is InChI=1S/C46H58N8O8/c1-27(2)37(41(55)51-43(57)58)53-25-45(13-17-61-18-14-45)21-35(53)39-47-23-33(49-39)31-9-5-29(6-10-31)30-7-11-32(12-8-30)34-24-48-40(50-34)36-22-46(15-19-62-20-16-46)26-54(36)38(28(3)4)42(56)52-44(59)60/h5-12,23-24,27-28,35-38H,13-22,25-26H2,1-4H3,(H,47,49)(H,48,50)(H,51,55)(H,52,56)(H,57,58)(H,59,60)/t35-,36?,37-,38?/m0/s1. The second-order valence-corrected chi connectivity index (χ2v) is 18.5. The highest BCUT2D eigenvalue weighted by Gasteiger charge is 2.52. The zero-order valence-electron chi connectivity index (χ0n) is 35.9. The van der Waals surface area contributed by atoms with Crippen molar-refractivity contribution in [3.05, 3.63) is 72.6 Å². The summed E-state index contributed by atoms with van der Waals surface area (Å²) >= 11 is 0. The summed E-state index contributed by atoms with van der Waals surface area (Å²) in [5.41, 5.74) is 5.63. The van der Waals surface area contributed by atoms with Crippen LogP contribution in [0, 0.1) is 22.7 Å². The minimum absolute atomic E-state index is 0.0458. The molecule has 62 heavy (non-hydrogen) atoms. The van der Waals surface area contributed by atoms with E-state index in [1.165, 1.54) is 0 Å². The molecule has 4 saturated heterocycles. The van der Waals surface area contributed by atoms with Crippen molar-refractivity contribution in [2.24, 2.45) is 22.7 Å². The molecular weight excluding hydrogens is 793 g/mol. The van der Waals surface area contributed by atoms with Crippen molar-refractivity contribution in [2.75, 3.05) is 39.5 Å². The highest BCUT2D eigenvalue weighted by molar-refractivity contribution is 5.95. The van der Waals surface area contributed by atoms with Crippen LogP contribution in [0.1, 0.15) is 90.0 Å². The van der Waals surface area contributed by atoms with E-state index in [1.807, 2.05) is 40.1 Å². The van der Waals surface area contributed by atoms with E-state index in [2.05, 4.69) is 78.9 Å². The van der Waals surface area contributed by atoms with Gasteiger partial charge in [0.05, 0.1) is 47.9 Å². The number of benzene rings is 2. The molecule has 0 saturated carbocycles. The Balaban J connectivity index is 0.982. The summed E-state index contributed by atoms with van der Waals surface area (Å²) < 4.78 is 11.4. The molecule has 2 unspecified atom stereocenters. The van der Waals surface area contributed by atoms with E-state index in [1.54, 1.807) is 0 Å². The van der Waals surface area contributed by atoms with Gasteiger partial charge < -0.3 is 29.7 Å². The molecule has 4 amide bonds. The summed E-state index contributed by atoms with van der Waals surface area (Å²) in [6.07, 6.45) is 6.03. The molecule has 16 heteroatoms. The fourth-order valence-corrected chi connectivity index (χ4v) is 10.6. The van der Waals surface area contributed by atoms with Crippen LogP contribution >= 0.6 is 0 Å². The lowest BCUT2D eigenvalue weighted by Gasteiger charge is -2.36. The van der Waals surface area contributed by atoms with Gasteiger partial charge in [-0.25, -0.2) is 19.6 Å². The third-order valence-corrected chi connectivity index (χ3v) is 13.7. The van der Waals surface area contributed by atoms with E-state index >= 15 is 0 Å². The number of carbonyl (C=O) groups is 4. The molecule has 6 N–H and O–H groups in total. The molecule has 8 rings (SSSR count). The molecule has 16 nitrogen and oxygen atoms in total. The lowest BCUT2D eigenvalue weighted by molar-refractivity contribution is -0.129. The normalized spacial score (nSPS) is 22.3. The molecule has 2 aromatic carbocycles. The molecule has 4 aromatic rings. The first-order valence-electron chi connectivity index (χ1n) is 21.8. The molecular formula is C46H58N8O8. The van der Waals surface area contributed by atoms with Gasteiger partial charge in [-0.2, -0.15) is 0 Å². The van der Waals surface area contributed by atoms with Crippen molar-refractivity contribution < 1.29 is 38.9 Å². The fraction of sp³-hybridized carbons (Fsp3) is 0.522. The third kappa shape index (κ3) is 8.91. The van der Waals surface area contributed by atoms with Gasteiger partial charge in [0.25, 0.3) is 0 Å². The second kappa shape index (κ2) is 17.8. The Morgan fingerprint density at radius 3 is 1.27 bits per heavy atom. The van der Waals surface area contributed by atoms with Gasteiger partial charge in [0.15, 0.2) is 0 Å². The summed E-state index contributed by atoms with van der Waals surface area (Å²) in [4.78, 5) is 70.6. The number of H-pyrrole nitrogens is 2. The minimum Gasteiger partial charge on any atom is -0.465 e. The molecule has 4 atom stereocenters. The highest BCUT2D eigenvalue weighted by Crippen LogP contribution is 2.51. The topological polar surface area (TPSA) is 215 Å². The van der Waals surface area contributed by atoms with Crippen LogP contribution < -0.4 is 10.6 Å². The Kier molecular flexibility index (Phi) is 12.4. The zero-order chi connectivity index (χ0) is 43.8. The maximum Gasteiger partial charge on any atom is 0.411 e. The van der Waals surface area contributed by atoms with Crippen molar-refractivity contribution in [3.63, 3.8) is 0 Å². The van der Waals surface area contributed by atoms with E-state index < -0.39 is 36.1 Å². The Hall–Kier alpha value is -5.42. The number of amides is 4. The number of aromatic nitrogens is 4. The first-order chi connectivity index (χ1) is 29.7. The summed E-state index contributed by atoms with van der Waals surface area (Å²) in [6, 6.07) is 14.9. The van der Waals surface area contributed by atoms with Crippen LogP contribution in [0.15, 0.2) is 60.9 Å². The summed E-state index contributed by atoms with van der Waals surface area (Å²) in [5, 5.41) is 23.0. The average Bonchev–Trinajstić information content (AvgIpc) is 4.05. The summed E-state index contributed by atoms with van der Waals surface area (Å²) in [6.45, 7) is 11.7. The van der Waals surface area contributed by atoms with Gasteiger partial charge in [-0.3, -0.25) is 30.0 Å². The van der Waals surface area contributed by atoms with Gasteiger partial charge >= 0.3 is 12.2 Å². The van der Waals surface area contributed by atoms with Crippen molar-refractivity contribution >= 4 is 24.0 Å². The SMILES string of the molecule is CC(C)C(C(=O)NC(=O)O)N1CC2(CCOCC2)CC1c1ncc(-c2ccc(-c3ccc(-c4cnc([C@@H]5CC6(CCOCC6)CN5[C@H](C(=O)NC(=O)O)C(C)C)[nH]4)cc3)cc2)[nH]1. The van der Waals surface area contributed by atoms with Crippen LogP contribution in [0.5, 0.6) is 0 Å². The predicted octanol–water partition coefficient (Wildman–Crippen LogP) is 6.86. The number of likely N-dealkylation sites (tertiary alicyclic amines) is 2. The molecule has 2 spiro atoms. The Morgan fingerprint density at radius 2 is 0.952 bits per heavy atom. The quantitative estimate of drug-likeness (QED) is 0.0913. The molecule has 6 heterocycles. The Morgan fingerprint density at radius 1 is 0.613 bits per heavy atom. The van der Waals surface area contributed by atoms with Crippen LogP contribution in [0.2, 0.25) is 0 Å². The molecule has 0 bridgehead atoms. The maximum atomic E-state index is 13.3. The maximum absolute atomic E-state index is 13.3. The smallest absolute Gasteiger partial charge is 0.411 e. The molecule has 2 aromatic heterocycles. The largest absolute Gasteiger partial charge is 0.465 e. The minimum atomic E-state index is -1.36. The molecule has 4 fully saturated rings. The van der Waals surface area contributed by atoms with E-state index in [9.17, 15) is 29.4 Å². The Labute approximate surface area is 361 Å². The number of imidazole rings is 2. The lowest BCUT2D eigenvalue weighted by atomic mass is 9.78. The molecule has 4 aliphatic rings. The average molecular weight is 851 g/mol. The van der Waals surface area contributed by atoms with Crippen LogP contribution in [0.25, 0.3) is 33.6 Å². The van der Waals surface area contributed by atoms with Gasteiger partial charge in [-0.05, 0) is 83.4 Å². The number of aromatic amines is 2. The van der Waals surface area contributed by atoms with Gasteiger partial charge in [0.1, 0.15) is 11.6 Å². The first kappa shape index (κ1) is 43.2. The number of carboxylic acid groups (broad SMARTS) is 2. The highest BCUT2D eigenvalue weighted by atomic mass is 16.5. The Bertz CT molecular complexity index is 2080. The molecule has 330 valence electrons. The summed E-state index contributed by atoms with van der Waals surface area (Å²) in [5.74, 6) is 0.221. The number of hydrogen-bond acceptors (Lipinski definition) is 10. The fourth-order valence-electron chi connectivity index (χ4n) is 10.6. The lowest BCUT2D eigenvalue weighted by Crippen LogP contribution is -2.51. The van der Waals surface area contributed by atoms with Crippen molar-refractivity contribution in [1.82, 2.24) is 40.4 Å². The van der Waals surface area contributed by atoms with E-state index in [-0.39, 0.29) is 34.7 Å². The van der Waals surface area contributed by atoms with Crippen LogP contribution in [-0.2, 0) is 19.1 Å². The predicted molar refractivity (Wildman–Crippen MR) is 230 cm³/mol. The van der Waals surface area contributed by atoms with E-state index in [4.69, 9.17) is 19.4 Å². The van der Waals surface area contributed by atoms with Crippen LogP contribution in [0.3, 0.4) is 0 Å². The van der Waals surface area contributed by atoms with Gasteiger partial charge in [0.2, 0.25) is 11.8 Å². The van der Waals surface area contributed by atoms with E-state index in [0.29, 0.717) is 39.5 Å². The van der Waals surface area contributed by atoms with Crippen LogP contribution in [-0.4, -0.2) is 116 Å². The number of imide groups is 2. The number of carbonyl (C=O) groups excluding carboxylic acids is 2. The summed E-state index contributed by atoms with van der Waals surface area (Å²) in [7, 11) is 0. The monoisotopic (exact) mass is 850 g/mol. The molecule has 4 aliphatic heterocycles. The van der Waals surface area contributed by atoms with Crippen molar-refractivity contribution in [2.45, 2.75) is 90.4 Å². The second-order valence-electron chi connectivity index (χ2n) is 18.5. The number of nitrogens with one attached hydrogen (secondary N) is 4. The number of rotatable bonds is 11. The molecule has 0 aliphatic carbocycles. The first-order valence-corrected chi connectivity index (χ1v) is 21.8. The van der Waals surface area contributed by atoms with Gasteiger partial charge in [-0.1, -0.05) is 76.2 Å². The third-order valence-electron chi connectivity index (χ3n) is 13.7. The molecule has 0 radical (unpaired) electrons. The number of nitrogens with zero attached hydrogens (tertiary/aromatic N) is 4. The van der Waals surface area contributed by atoms with Crippen molar-refractivity contribution in [1.29, 1.82) is 0 Å². The van der Waals surface area contributed by atoms with E-state index in [0.717, 1.165) is 83.8 Å². The number of ether oxygens (including phenoxy) is 2. The van der Waals surface area contributed by atoms with Gasteiger partial charge in [0, 0.05) is 39.5 Å².